The van der Waals surface area contributed by atoms with E-state index in [9.17, 15) is 13.5 Å². The molecule has 116 valence electrons. The molecule has 0 heterocycles. The van der Waals surface area contributed by atoms with Gasteiger partial charge in [0.1, 0.15) is 4.90 Å². The summed E-state index contributed by atoms with van der Waals surface area (Å²) in [6.07, 6.45) is 4.00. The Kier molecular flexibility index (Phi) is 4.23. The molecule has 0 spiro atoms. The summed E-state index contributed by atoms with van der Waals surface area (Å²) in [6.45, 7) is 0.255. The van der Waals surface area contributed by atoms with Gasteiger partial charge in [-0.05, 0) is 49.3 Å². The number of hydrogen-bond acceptors (Lipinski definition) is 3. The largest absolute Gasteiger partial charge is 0.392 e. The van der Waals surface area contributed by atoms with Crippen molar-refractivity contribution in [3.8, 4) is 0 Å². The van der Waals surface area contributed by atoms with Crippen LogP contribution < -0.4 is 0 Å². The molecular weight excluding hydrogens is 333 g/mol. The number of aliphatic hydroxyl groups is 1. The van der Waals surface area contributed by atoms with E-state index >= 15 is 0 Å². The van der Waals surface area contributed by atoms with E-state index in [1.54, 1.807) is 4.31 Å². The minimum atomic E-state index is -3.64. The summed E-state index contributed by atoms with van der Waals surface area (Å²) in [6, 6.07) is 2.88. The maximum atomic E-state index is 12.9. The van der Waals surface area contributed by atoms with Crippen LogP contribution in [0.25, 0.3) is 0 Å². The molecular formula is C14H17Cl2NO3S. The first-order valence-corrected chi connectivity index (χ1v) is 9.23. The van der Waals surface area contributed by atoms with Crippen LogP contribution in [0.5, 0.6) is 0 Å². The molecule has 21 heavy (non-hydrogen) atoms. The van der Waals surface area contributed by atoms with Crippen LogP contribution in [0.2, 0.25) is 10.0 Å². The smallest absolute Gasteiger partial charge is 0.244 e. The Bertz CT molecular complexity index is 654. The maximum absolute atomic E-state index is 12.9. The van der Waals surface area contributed by atoms with Gasteiger partial charge in [0.05, 0.1) is 11.6 Å². The third kappa shape index (κ3) is 3.22. The zero-order valence-corrected chi connectivity index (χ0v) is 13.8. The maximum Gasteiger partial charge on any atom is 0.244 e. The summed E-state index contributed by atoms with van der Waals surface area (Å²) in [5.74, 6) is 0.476. The summed E-state index contributed by atoms with van der Waals surface area (Å²) in [7, 11) is -3.64. The van der Waals surface area contributed by atoms with Crippen LogP contribution in [-0.4, -0.2) is 30.4 Å². The third-order valence-corrected chi connectivity index (χ3v) is 6.68. The van der Waals surface area contributed by atoms with Crippen LogP contribution >= 0.6 is 23.2 Å². The summed E-state index contributed by atoms with van der Waals surface area (Å²) in [5, 5.41) is 9.67. The molecule has 2 aliphatic carbocycles. The van der Waals surface area contributed by atoms with Crippen molar-refractivity contribution < 1.29 is 13.5 Å². The van der Waals surface area contributed by atoms with Gasteiger partial charge >= 0.3 is 0 Å². The summed E-state index contributed by atoms with van der Waals surface area (Å²) < 4.78 is 27.4. The first kappa shape index (κ1) is 15.6. The second-order valence-electron chi connectivity index (χ2n) is 5.78. The predicted octanol–water partition coefficient (Wildman–Crippen LogP) is 3.05. The van der Waals surface area contributed by atoms with E-state index in [2.05, 4.69) is 0 Å². The van der Waals surface area contributed by atoms with Crippen molar-refractivity contribution in [2.24, 2.45) is 5.92 Å². The van der Waals surface area contributed by atoms with E-state index in [1.165, 1.54) is 12.1 Å². The normalized spacial score (nSPS) is 19.2. The van der Waals surface area contributed by atoms with Crippen LogP contribution in [0.1, 0.15) is 31.2 Å². The van der Waals surface area contributed by atoms with Crippen molar-refractivity contribution in [2.45, 2.75) is 43.2 Å². The van der Waals surface area contributed by atoms with Gasteiger partial charge in [-0.25, -0.2) is 8.42 Å². The number of halogens is 2. The summed E-state index contributed by atoms with van der Waals surface area (Å²) >= 11 is 12.0. The van der Waals surface area contributed by atoms with Crippen molar-refractivity contribution in [1.29, 1.82) is 0 Å². The van der Waals surface area contributed by atoms with Gasteiger partial charge in [0.25, 0.3) is 0 Å². The van der Waals surface area contributed by atoms with Crippen LogP contribution in [0.15, 0.2) is 17.0 Å². The Balaban J connectivity index is 1.99. The molecule has 0 aliphatic heterocycles. The average molecular weight is 350 g/mol. The van der Waals surface area contributed by atoms with Gasteiger partial charge in [-0.3, -0.25) is 0 Å². The fourth-order valence-electron chi connectivity index (χ4n) is 2.38. The number of rotatable bonds is 6. The van der Waals surface area contributed by atoms with Gasteiger partial charge in [0.2, 0.25) is 10.0 Å². The molecule has 0 atom stereocenters. The quantitative estimate of drug-likeness (QED) is 0.858. The molecule has 1 N–H and O–H groups in total. The van der Waals surface area contributed by atoms with Gasteiger partial charge in [-0.2, -0.15) is 4.31 Å². The standard InChI is InChI=1S/C14H17Cl2NO3S/c15-12-6-13(16)14(5-10(12)8-18)21(19,20)17(11-3-4-11)7-9-1-2-9/h5-6,9,11,18H,1-4,7-8H2. The summed E-state index contributed by atoms with van der Waals surface area (Å²) in [4.78, 5) is 0.0465. The van der Waals surface area contributed by atoms with Crippen LogP contribution in [0.4, 0.5) is 0 Å². The van der Waals surface area contributed by atoms with Gasteiger partial charge in [0.15, 0.2) is 0 Å². The highest BCUT2D eigenvalue weighted by Crippen LogP contribution is 2.40. The topological polar surface area (TPSA) is 57.6 Å². The van der Waals surface area contributed by atoms with Crippen LogP contribution in [0, 0.1) is 5.92 Å². The van der Waals surface area contributed by atoms with Gasteiger partial charge < -0.3 is 5.11 Å². The fourth-order valence-corrected chi connectivity index (χ4v) is 4.97. The second kappa shape index (κ2) is 5.70. The van der Waals surface area contributed by atoms with Crippen molar-refractivity contribution in [1.82, 2.24) is 4.31 Å². The van der Waals surface area contributed by atoms with Crippen molar-refractivity contribution in [2.75, 3.05) is 6.54 Å². The molecule has 0 aromatic heterocycles. The number of nitrogens with zero attached hydrogens (tertiary/aromatic N) is 1. The minimum Gasteiger partial charge on any atom is -0.392 e. The predicted molar refractivity (Wildman–Crippen MR) is 82.0 cm³/mol. The molecule has 1 aromatic carbocycles. The van der Waals surface area contributed by atoms with E-state index in [0.717, 1.165) is 25.7 Å². The van der Waals surface area contributed by atoms with Gasteiger partial charge in [-0.1, -0.05) is 23.2 Å². The Labute approximate surface area is 134 Å². The van der Waals surface area contributed by atoms with E-state index in [-0.39, 0.29) is 27.6 Å². The highest BCUT2D eigenvalue weighted by Gasteiger charge is 2.41. The van der Waals surface area contributed by atoms with Crippen LogP contribution in [0.3, 0.4) is 0 Å². The molecule has 0 amide bonds. The number of aliphatic hydroxyl groups excluding tert-OH is 1. The van der Waals surface area contributed by atoms with Crippen molar-refractivity contribution >= 4 is 33.2 Å². The minimum absolute atomic E-state index is 0.0465. The lowest BCUT2D eigenvalue weighted by atomic mass is 10.2. The number of benzene rings is 1. The number of hydrogen-bond donors (Lipinski definition) is 1. The zero-order valence-electron chi connectivity index (χ0n) is 11.4. The van der Waals surface area contributed by atoms with E-state index < -0.39 is 10.0 Å². The first-order chi connectivity index (χ1) is 9.93. The number of sulfonamides is 1. The Morgan fingerprint density at radius 3 is 2.33 bits per heavy atom. The third-order valence-electron chi connectivity index (χ3n) is 3.95. The lowest BCUT2D eigenvalue weighted by Gasteiger charge is -2.23. The van der Waals surface area contributed by atoms with E-state index in [4.69, 9.17) is 23.2 Å². The lowest BCUT2D eigenvalue weighted by Crippen LogP contribution is -2.35. The highest BCUT2D eigenvalue weighted by molar-refractivity contribution is 7.89. The van der Waals surface area contributed by atoms with Crippen molar-refractivity contribution in [3.63, 3.8) is 0 Å². The monoisotopic (exact) mass is 349 g/mol. The Hall–Kier alpha value is -0.330. The SMILES string of the molecule is O=S(=O)(c1cc(CO)c(Cl)cc1Cl)N(CC1CC1)C1CC1. The van der Waals surface area contributed by atoms with Gasteiger partial charge in [-0.15, -0.1) is 0 Å². The van der Waals surface area contributed by atoms with E-state index in [0.29, 0.717) is 18.0 Å². The second-order valence-corrected chi connectivity index (χ2v) is 8.45. The molecule has 2 aliphatic rings. The fraction of sp³-hybridized carbons (Fsp3) is 0.571. The molecule has 0 bridgehead atoms. The molecule has 0 radical (unpaired) electrons. The summed E-state index contributed by atoms with van der Waals surface area (Å²) in [5.41, 5.74) is 0.377. The molecule has 0 unspecified atom stereocenters. The average Bonchev–Trinajstić information content (AvgIpc) is 3.28. The lowest BCUT2D eigenvalue weighted by molar-refractivity contribution is 0.281. The van der Waals surface area contributed by atoms with Crippen LogP contribution in [-0.2, 0) is 16.6 Å². The first-order valence-electron chi connectivity index (χ1n) is 7.04. The van der Waals surface area contributed by atoms with Gasteiger partial charge in [0, 0.05) is 17.6 Å². The Morgan fingerprint density at radius 2 is 1.81 bits per heavy atom. The molecule has 1 aromatic rings. The molecule has 4 nitrogen and oxygen atoms in total. The Morgan fingerprint density at radius 1 is 1.14 bits per heavy atom. The molecule has 0 saturated heterocycles. The molecule has 3 rings (SSSR count). The zero-order chi connectivity index (χ0) is 15.2. The highest BCUT2D eigenvalue weighted by atomic mass is 35.5. The molecule has 2 fully saturated rings. The molecule has 2 saturated carbocycles. The van der Waals surface area contributed by atoms with E-state index in [1.807, 2.05) is 0 Å². The van der Waals surface area contributed by atoms with Crippen molar-refractivity contribution in [3.05, 3.63) is 27.7 Å². The molecule has 7 heteroatoms.